The smallest absolute Gasteiger partial charge is 0.0498 e. The fraction of sp³-hybridized carbons (Fsp3) is 0.261. The molecule has 1 aliphatic rings. The molecular formula is C23H24N2. The summed E-state index contributed by atoms with van der Waals surface area (Å²) in [5.74, 6) is 0.727. The maximum absolute atomic E-state index is 4.73. The van der Waals surface area contributed by atoms with Crippen LogP contribution < -0.4 is 5.32 Å². The first kappa shape index (κ1) is 15.9. The number of nitrogens with one attached hydrogen (secondary N) is 1. The van der Waals surface area contributed by atoms with Crippen molar-refractivity contribution in [3.63, 3.8) is 0 Å². The third kappa shape index (κ3) is 2.53. The van der Waals surface area contributed by atoms with Gasteiger partial charge in [0.25, 0.3) is 0 Å². The lowest BCUT2D eigenvalue weighted by Gasteiger charge is -2.33. The lowest BCUT2D eigenvalue weighted by Crippen LogP contribution is -2.25. The lowest BCUT2D eigenvalue weighted by molar-refractivity contribution is 0.739. The van der Waals surface area contributed by atoms with E-state index in [1.807, 2.05) is 14.1 Å². The number of aliphatic imine (C=N–C) groups is 1. The highest BCUT2D eigenvalue weighted by atomic mass is 14.8. The van der Waals surface area contributed by atoms with Crippen molar-refractivity contribution < 1.29 is 0 Å². The van der Waals surface area contributed by atoms with Gasteiger partial charge in [-0.25, -0.2) is 0 Å². The molecule has 0 radical (unpaired) electrons. The second-order valence-corrected chi connectivity index (χ2v) is 6.88. The van der Waals surface area contributed by atoms with Crippen molar-refractivity contribution in [2.24, 2.45) is 4.99 Å². The van der Waals surface area contributed by atoms with E-state index in [0.29, 0.717) is 5.92 Å². The number of hydrogen-bond acceptors (Lipinski definition) is 2. The van der Waals surface area contributed by atoms with E-state index in [9.17, 15) is 0 Å². The molecule has 2 atom stereocenters. The van der Waals surface area contributed by atoms with Crippen LogP contribution in [0.4, 0.5) is 5.69 Å². The molecule has 1 aliphatic carbocycles. The summed E-state index contributed by atoms with van der Waals surface area (Å²) < 4.78 is 0. The molecule has 0 spiro atoms. The molecule has 0 heterocycles. The number of fused-ring (bicyclic) bond motifs is 2. The summed E-state index contributed by atoms with van der Waals surface area (Å²) in [6, 6.07) is 21.9. The van der Waals surface area contributed by atoms with Crippen LogP contribution in [-0.4, -0.2) is 19.8 Å². The van der Waals surface area contributed by atoms with E-state index in [-0.39, 0.29) is 5.92 Å². The highest BCUT2D eigenvalue weighted by Crippen LogP contribution is 2.44. The molecule has 0 saturated heterocycles. The fourth-order valence-electron chi connectivity index (χ4n) is 4.31. The van der Waals surface area contributed by atoms with Crippen LogP contribution in [0.2, 0.25) is 0 Å². The van der Waals surface area contributed by atoms with Gasteiger partial charge in [0.05, 0.1) is 0 Å². The lowest BCUT2D eigenvalue weighted by atomic mass is 9.72. The minimum Gasteiger partial charge on any atom is -0.388 e. The van der Waals surface area contributed by atoms with Crippen LogP contribution in [0.3, 0.4) is 0 Å². The van der Waals surface area contributed by atoms with Crippen molar-refractivity contribution in [2.75, 3.05) is 19.4 Å². The molecule has 2 nitrogen and oxygen atoms in total. The van der Waals surface area contributed by atoms with Crippen LogP contribution >= 0.6 is 0 Å². The average Bonchev–Trinajstić information content (AvgIpc) is 2.67. The van der Waals surface area contributed by atoms with Gasteiger partial charge in [0.1, 0.15) is 0 Å². The monoisotopic (exact) mass is 328 g/mol. The van der Waals surface area contributed by atoms with E-state index in [0.717, 1.165) is 6.42 Å². The van der Waals surface area contributed by atoms with E-state index in [4.69, 9.17) is 4.99 Å². The van der Waals surface area contributed by atoms with Gasteiger partial charge in [0.15, 0.2) is 0 Å². The highest BCUT2D eigenvalue weighted by molar-refractivity contribution is 6.03. The Hall–Kier alpha value is -2.61. The Kier molecular flexibility index (Phi) is 4.04. The second kappa shape index (κ2) is 6.36. The normalized spacial score (nSPS) is 21.3. The zero-order valence-electron chi connectivity index (χ0n) is 15.1. The SMILES string of the molecule is CN=C1CC(C)c2ccccc2C1c1c(NC)ccc2ccccc12. The van der Waals surface area contributed by atoms with Crippen molar-refractivity contribution in [1.29, 1.82) is 0 Å². The maximum Gasteiger partial charge on any atom is 0.0498 e. The van der Waals surface area contributed by atoms with Gasteiger partial charge in [-0.3, -0.25) is 4.99 Å². The highest BCUT2D eigenvalue weighted by Gasteiger charge is 2.32. The Balaban J connectivity index is 2.06. The molecule has 0 aromatic heterocycles. The molecule has 2 unspecified atom stereocenters. The quantitative estimate of drug-likeness (QED) is 0.651. The van der Waals surface area contributed by atoms with Crippen molar-refractivity contribution in [2.45, 2.75) is 25.2 Å². The average molecular weight is 328 g/mol. The van der Waals surface area contributed by atoms with Gasteiger partial charge in [-0.05, 0) is 45.9 Å². The van der Waals surface area contributed by atoms with Gasteiger partial charge < -0.3 is 5.32 Å². The number of anilines is 1. The van der Waals surface area contributed by atoms with Crippen LogP contribution in [0.15, 0.2) is 65.7 Å². The molecule has 3 aromatic carbocycles. The first-order valence-electron chi connectivity index (χ1n) is 8.98. The van der Waals surface area contributed by atoms with Crippen LogP contribution in [0.5, 0.6) is 0 Å². The predicted octanol–water partition coefficient (Wildman–Crippen LogP) is 5.59. The van der Waals surface area contributed by atoms with Crippen molar-refractivity contribution >= 4 is 22.2 Å². The first-order chi connectivity index (χ1) is 12.2. The fourth-order valence-corrected chi connectivity index (χ4v) is 4.31. The molecule has 0 amide bonds. The zero-order valence-corrected chi connectivity index (χ0v) is 15.1. The van der Waals surface area contributed by atoms with E-state index in [1.165, 1.54) is 38.9 Å². The summed E-state index contributed by atoms with van der Waals surface area (Å²) in [4.78, 5) is 4.73. The van der Waals surface area contributed by atoms with E-state index in [1.54, 1.807) is 0 Å². The topological polar surface area (TPSA) is 24.4 Å². The third-order valence-corrected chi connectivity index (χ3v) is 5.50. The van der Waals surface area contributed by atoms with Crippen molar-refractivity contribution in [3.05, 3.63) is 77.4 Å². The van der Waals surface area contributed by atoms with E-state index in [2.05, 4.69) is 72.9 Å². The third-order valence-electron chi connectivity index (χ3n) is 5.50. The summed E-state index contributed by atoms with van der Waals surface area (Å²) in [6.07, 6.45) is 1.02. The predicted molar refractivity (Wildman–Crippen MR) is 108 cm³/mol. The molecule has 3 aromatic rings. The minimum atomic E-state index is 0.214. The van der Waals surface area contributed by atoms with Crippen LogP contribution in [0, 0.1) is 0 Å². The van der Waals surface area contributed by atoms with Gasteiger partial charge in [0.2, 0.25) is 0 Å². The number of rotatable bonds is 2. The van der Waals surface area contributed by atoms with Crippen molar-refractivity contribution in [1.82, 2.24) is 0 Å². The minimum absolute atomic E-state index is 0.214. The molecule has 0 saturated carbocycles. The van der Waals surface area contributed by atoms with Gasteiger partial charge in [-0.15, -0.1) is 0 Å². The first-order valence-corrected chi connectivity index (χ1v) is 8.98. The Morgan fingerprint density at radius 3 is 2.40 bits per heavy atom. The molecule has 1 N–H and O–H groups in total. The van der Waals surface area contributed by atoms with E-state index >= 15 is 0 Å². The summed E-state index contributed by atoms with van der Waals surface area (Å²) >= 11 is 0. The Bertz CT molecular complexity index is 955. The number of benzene rings is 3. The molecule has 25 heavy (non-hydrogen) atoms. The van der Waals surface area contributed by atoms with Crippen LogP contribution in [0.1, 0.15) is 41.9 Å². The second-order valence-electron chi connectivity index (χ2n) is 6.88. The van der Waals surface area contributed by atoms with Gasteiger partial charge in [0, 0.05) is 31.4 Å². The summed E-state index contributed by atoms with van der Waals surface area (Å²) in [5.41, 5.74) is 6.67. The van der Waals surface area contributed by atoms with Gasteiger partial charge >= 0.3 is 0 Å². The molecular weight excluding hydrogens is 304 g/mol. The summed E-state index contributed by atoms with van der Waals surface area (Å²) in [5, 5.41) is 6.01. The zero-order chi connectivity index (χ0) is 17.4. The Morgan fingerprint density at radius 2 is 1.64 bits per heavy atom. The summed E-state index contributed by atoms with van der Waals surface area (Å²) in [6.45, 7) is 2.31. The molecule has 2 heteroatoms. The molecule has 0 aliphatic heterocycles. The largest absolute Gasteiger partial charge is 0.388 e. The summed E-state index contributed by atoms with van der Waals surface area (Å²) in [7, 11) is 3.95. The maximum atomic E-state index is 4.73. The Labute approximate surface area is 149 Å². The van der Waals surface area contributed by atoms with Crippen molar-refractivity contribution in [3.8, 4) is 0 Å². The van der Waals surface area contributed by atoms with E-state index < -0.39 is 0 Å². The molecule has 126 valence electrons. The molecule has 4 rings (SSSR count). The number of hydrogen-bond donors (Lipinski definition) is 1. The van der Waals surface area contributed by atoms with Crippen LogP contribution in [0.25, 0.3) is 10.8 Å². The van der Waals surface area contributed by atoms with Crippen LogP contribution in [-0.2, 0) is 0 Å². The van der Waals surface area contributed by atoms with Gasteiger partial charge in [-0.2, -0.15) is 0 Å². The molecule has 0 fully saturated rings. The Morgan fingerprint density at radius 1 is 0.920 bits per heavy atom. The standard InChI is InChI=1S/C23H24N2/c1-15-14-21(25-3)23(19-11-7-6-9-17(15)19)22-18-10-5-4-8-16(18)12-13-20(22)24-2/h4-13,15,23-24H,14H2,1-3H3. The molecule has 0 bridgehead atoms. The number of nitrogens with zero attached hydrogens (tertiary/aromatic N) is 1. The van der Waals surface area contributed by atoms with Gasteiger partial charge in [-0.1, -0.05) is 61.5 Å².